The number of rotatable bonds is 20. The molecule has 114 heavy (non-hydrogen) atoms. The molecule has 12 N–H and O–H groups in total. The summed E-state index contributed by atoms with van der Waals surface area (Å²) in [6.45, 7) is 0. The number of nitrogens with one attached hydrogen (secondary N) is 8. The number of hydrogen-bond donors (Lipinski definition) is 12. The van der Waals surface area contributed by atoms with E-state index in [2.05, 4.69) is 87.9 Å². The maximum Gasteiger partial charge on any atom is 0.257 e. The van der Waals surface area contributed by atoms with Crippen LogP contribution in [0.4, 0.5) is 49.1 Å². The Labute approximate surface area is 700 Å². The third-order valence-electron chi connectivity index (χ3n) is 17.9. The van der Waals surface area contributed by atoms with Crippen LogP contribution < -0.4 is 40.2 Å². The highest BCUT2D eigenvalue weighted by Gasteiger charge is 2.36. The highest BCUT2D eigenvalue weighted by Crippen LogP contribution is 2.34. The first-order valence-corrected chi connectivity index (χ1v) is 44.2. The molecule has 12 rings (SSSR count). The first kappa shape index (κ1) is 91.5. The summed E-state index contributed by atoms with van der Waals surface area (Å²) < 4.78 is 192. The molecule has 4 amide bonds. The van der Waals surface area contributed by atoms with Crippen molar-refractivity contribution < 1.29 is 99.6 Å². The summed E-state index contributed by atoms with van der Waals surface area (Å²) in [6, 6.07) is 23.7. The van der Waals surface area contributed by atoms with Crippen LogP contribution in [0.1, 0.15) is 118 Å². The van der Waals surface area contributed by atoms with E-state index in [1.54, 1.807) is 0 Å². The van der Waals surface area contributed by atoms with Gasteiger partial charge in [0.25, 0.3) is 23.6 Å². The van der Waals surface area contributed by atoms with Crippen molar-refractivity contribution in [3.63, 3.8) is 0 Å². The molecular weight excluding hydrogens is 1890 g/mol. The van der Waals surface area contributed by atoms with Crippen LogP contribution in [-0.2, 0) is 40.1 Å². The molecule has 0 radical (unpaired) electrons. The zero-order valence-corrected chi connectivity index (χ0v) is 70.2. The minimum absolute atomic E-state index is 0.0407. The molecule has 4 fully saturated rings. The van der Waals surface area contributed by atoms with Crippen LogP contribution in [0.15, 0.2) is 166 Å². The Morgan fingerprint density at radius 3 is 1.03 bits per heavy atom. The SMILES string of the molecule is O=C(Nc1cc(F)c(F)c(Cl)c1)c1ccc(Cl)c(S(=O)(=O)NC2CCCC2O)c1.O=C(Nc1ccc(F)c(Br)c1)c1cc(S(=O)(=O)NC2CCCC2O)c(F)cc1Cl.O=C(Nc1ccc(F)c(Br)c1)c1cc(S(=O)(=O)NC2CCCC2O)ccc1Cl.O=C(Nc1ccc(F)c(Br)c1)c1ccc(Cl)c(S(=O)(=O)NC2CCCC2O)c1. The van der Waals surface area contributed by atoms with Gasteiger partial charge >= 0.3 is 0 Å². The number of carbonyl (C=O) groups is 4. The van der Waals surface area contributed by atoms with Crippen molar-refractivity contribution in [2.75, 3.05) is 21.3 Å². The molecule has 0 heterocycles. The fourth-order valence-corrected chi connectivity index (χ4v) is 20.1. The van der Waals surface area contributed by atoms with Crippen molar-refractivity contribution in [3.8, 4) is 0 Å². The Hall–Kier alpha value is -6.41. The van der Waals surface area contributed by atoms with Gasteiger partial charge in [-0.15, -0.1) is 0 Å². The summed E-state index contributed by atoms with van der Waals surface area (Å²) in [7, 11) is -16.4. The fraction of sp³-hybridized carbons (Fsp3) is 0.278. The van der Waals surface area contributed by atoms with Crippen molar-refractivity contribution in [2.24, 2.45) is 0 Å². The highest BCUT2D eigenvalue weighted by atomic mass is 79.9. The van der Waals surface area contributed by atoms with Gasteiger partial charge in [0, 0.05) is 64.1 Å². The van der Waals surface area contributed by atoms with Crippen LogP contribution in [0.2, 0.25) is 25.1 Å². The van der Waals surface area contributed by atoms with Gasteiger partial charge in [-0.05, 0) is 252 Å². The summed E-state index contributed by atoms with van der Waals surface area (Å²) in [5.41, 5.74) is 0.433. The first-order chi connectivity index (χ1) is 53.5. The van der Waals surface area contributed by atoms with Gasteiger partial charge < -0.3 is 41.7 Å². The van der Waals surface area contributed by atoms with E-state index in [9.17, 15) is 99.6 Å². The molecule has 42 heteroatoms. The Kier molecular flexibility index (Phi) is 31.6. The lowest BCUT2D eigenvalue weighted by Gasteiger charge is -2.17. The molecule has 4 aliphatic carbocycles. The first-order valence-electron chi connectivity index (χ1n) is 34.0. The van der Waals surface area contributed by atoms with Crippen LogP contribution in [0.25, 0.3) is 0 Å². The number of benzene rings is 8. The Morgan fingerprint density at radius 1 is 0.325 bits per heavy atom. The van der Waals surface area contributed by atoms with Crippen molar-refractivity contribution >= 4 is 192 Å². The maximum absolute atomic E-state index is 14.3. The van der Waals surface area contributed by atoms with Crippen LogP contribution in [0.3, 0.4) is 0 Å². The molecular formula is C72H66Br3Cl5F6N8O16S4. The van der Waals surface area contributed by atoms with E-state index in [1.807, 2.05) is 0 Å². The molecule has 8 aromatic carbocycles. The second-order valence-electron chi connectivity index (χ2n) is 26.1. The van der Waals surface area contributed by atoms with Crippen molar-refractivity contribution in [3.05, 3.63) is 229 Å². The third-order valence-corrected chi connectivity index (χ3v) is 27.6. The molecule has 0 bridgehead atoms. The minimum atomic E-state index is -4.35. The summed E-state index contributed by atoms with van der Waals surface area (Å²) >= 11 is 38.7. The maximum atomic E-state index is 14.3. The third kappa shape index (κ3) is 24.0. The van der Waals surface area contributed by atoms with Gasteiger partial charge in [0.15, 0.2) is 11.6 Å². The molecule has 8 aromatic rings. The Morgan fingerprint density at radius 2 is 0.667 bits per heavy atom. The molecule has 8 atom stereocenters. The average Bonchev–Trinajstić information content (AvgIpc) is 1.35. The number of sulfonamides is 4. The number of anilines is 4. The van der Waals surface area contributed by atoms with E-state index in [0.29, 0.717) is 75.6 Å². The van der Waals surface area contributed by atoms with E-state index in [1.165, 1.54) is 97.1 Å². The van der Waals surface area contributed by atoms with Crippen LogP contribution in [0.5, 0.6) is 0 Å². The summed E-state index contributed by atoms with van der Waals surface area (Å²) in [5.74, 6) is -7.90. The number of aliphatic hydroxyl groups is 4. The fourth-order valence-electron chi connectivity index (χ4n) is 12.0. The largest absolute Gasteiger partial charge is 0.391 e. The topological polar surface area (TPSA) is 382 Å². The zero-order chi connectivity index (χ0) is 83.6. The predicted molar refractivity (Wildman–Crippen MR) is 427 cm³/mol. The molecule has 4 saturated carbocycles. The van der Waals surface area contributed by atoms with Gasteiger partial charge in [0.2, 0.25) is 40.1 Å². The van der Waals surface area contributed by atoms with E-state index in [-0.39, 0.29) is 81.8 Å². The van der Waals surface area contributed by atoms with Gasteiger partial charge in [-0.2, -0.15) is 0 Å². The summed E-state index contributed by atoms with van der Waals surface area (Å²) in [4.78, 5) is 48.5. The van der Waals surface area contributed by atoms with Crippen LogP contribution in [-0.4, -0.2) is 126 Å². The molecule has 8 unspecified atom stereocenters. The van der Waals surface area contributed by atoms with Crippen molar-refractivity contribution in [1.82, 2.24) is 18.9 Å². The van der Waals surface area contributed by atoms with Gasteiger partial charge in [0.1, 0.15) is 38.0 Å². The van der Waals surface area contributed by atoms with E-state index in [4.69, 9.17) is 58.0 Å². The summed E-state index contributed by atoms with van der Waals surface area (Å²) in [5, 5.41) is 48.4. The van der Waals surface area contributed by atoms with Crippen molar-refractivity contribution in [2.45, 2.75) is 145 Å². The number of hydrogen-bond acceptors (Lipinski definition) is 16. The Bertz CT molecular complexity index is 5480. The lowest BCUT2D eigenvalue weighted by atomic mass is 10.2. The van der Waals surface area contributed by atoms with E-state index >= 15 is 0 Å². The van der Waals surface area contributed by atoms with Gasteiger partial charge in [-0.25, -0.2) is 78.9 Å². The smallest absolute Gasteiger partial charge is 0.257 e. The van der Waals surface area contributed by atoms with Gasteiger partial charge in [-0.1, -0.05) is 58.0 Å². The van der Waals surface area contributed by atoms with Gasteiger partial charge in [0.05, 0.1) is 79.0 Å². The van der Waals surface area contributed by atoms with Gasteiger partial charge in [-0.3, -0.25) is 19.2 Å². The number of halogens is 14. The minimum Gasteiger partial charge on any atom is -0.391 e. The van der Waals surface area contributed by atoms with Crippen LogP contribution in [0, 0.1) is 34.9 Å². The number of aliphatic hydroxyl groups excluding tert-OH is 4. The lowest BCUT2D eigenvalue weighted by Crippen LogP contribution is -2.40. The average molecular weight is 1960 g/mol. The quantitative estimate of drug-likeness (QED) is 0.0249. The van der Waals surface area contributed by atoms with Crippen LogP contribution >= 0.6 is 106 Å². The molecule has 0 spiro atoms. The number of amides is 4. The van der Waals surface area contributed by atoms with E-state index < -0.39 is 157 Å². The summed E-state index contributed by atoms with van der Waals surface area (Å²) in [6.07, 6.45) is 3.58. The second-order valence-corrected chi connectivity index (χ2v) is 37.4. The monoisotopic (exact) mass is 1950 g/mol. The van der Waals surface area contributed by atoms with Crippen molar-refractivity contribution in [1.29, 1.82) is 0 Å². The molecule has 0 aromatic heterocycles. The molecule has 4 aliphatic rings. The lowest BCUT2D eigenvalue weighted by molar-refractivity contribution is 0.101. The normalized spacial score (nSPS) is 19.5. The second kappa shape index (κ2) is 39.4. The molecule has 612 valence electrons. The molecule has 24 nitrogen and oxygen atoms in total. The highest BCUT2D eigenvalue weighted by molar-refractivity contribution is 9.11. The molecule has 0 saturated heterocycles. The number of carbonyl (C=O) groups excluding carboxylic acids is 4. The zero-order valence-electron chi connectivity index (χ0n) is 58.4. The predicted octanol–water partition coefficient (Wildman–Crippen LogP) is 14.9. The van der Waals surface area contributed by atoms with E-state index in [0.717, 1.165) is 49.2 Å². The Balaban J connectivity index is 0.000000174. The molecule has 0 aliphatic heterocycles. The standard InChI is InChI=1S/C18H16BrClF2N2O4S.2C18H17BrClFN2O4S.C18H16Cl2F2N2O4S/c19-11-6-9(4-5-13(11)21)23-18(26)10-7-17(14(22)8-12(10)20)29(27,28)24-15-2-1-3-16(15)25;19-13-8-10(4-7-15(13)21)22-18(25)12-9-11(5-6-14(12)20)28(26,27)23-16-2-1-3-17(16)24;19-12-9-11(5-7-14(12)21)22-18(25)10-4-6-13(20)17(8-10)28(26,27)23-15-2-1-3-16(15)24;19-11-5-4-9(18(26)23-10-7-12(20)17(22)13(21)8-10)6-16(11)29(27,28)24-14-2-1-3-15(14)25/h4-8,15-16,24-25H,1-3H2,(H,23,26);4-9,16-17,23-24H,1-3H2,(H,22,25);4-9,15-16,23-24H,1-3H2,(H,22,25);4-8,14-15,24-25H,1-3H2,(H,23,26).